The lowest BCUT2D eigenvalue weighted by molar-refractivity contribution is -0.113. The number of nitrogens with zero attached hydrogens (tertiary/aromatic N) is 3. The second-order valence-electron chi connectivity index (χ2n) is 8.10. The first-order valence-corrected chi connectivity index (χ1v) is 11.5. The van der Waals surface area contributed by atoms with Crippen molar-refractivity contribution < 1.29 is 4.79 Å². The molecule has 6 heteroatoms. The Morgan fingerprint density at radius 2 is 1.58 bits per heavy atom. The largest absolute Gasteiger partial charge is 0.325 e. The molecule has 0 unspecified atom stereocenters. The minimum Gasteiger partial charge on any atom is -0.325 e. The standard InChI is InChI=1S/C25H30N4OS/c1-6-15-29-24(21-9-7-19(8-10-21)17(2)3)27-28-25(29)31-16-23(30)26-22-13-11-20(12-14-22)18(4)5/h6-14,17-18H,1,15-16H2,2-5H3,(H,26,30). The van der Waals surface area contributed by atoms with Gasteiger partial charge in [-0.1, -0.05) is 81.9 Å². The van der Waals surface area contributed by atoms with E-state index in [0.717, 1.165) is 17.1 Å². The van der Waals surface area contributed by atoms with Gasteiger partial charge in [0.2, 0.25) is 5.91 Å². The maximum Gasteiger partial charge on any atom is 0.234 e. The Morgan fingerprint density at radius 3 is 2.13 bits per heavy atom. The molecule has 0 spiro atoms. The van der Waals surface area contributed by atoms with E-state index in [1.165, 1.54) is 22.9 Å². The highest BCUT2D eigenvalue weighted by Gasteiger charge is 2.15. The molecule has 0 aliphatic carbocycles. The lowest BCUT2D eigenvalue weighted by Crippen LogP contribution is -2.14. The van der Waals surface area contributed by atoms with Crippen LogP contribution >= 0.6 is 11.8 Å². The van der Waals surface area contributed by atoms with Gasteiger partial charge in [-0.05, 0) is 35.1 Å². The molecule has 1 amide bonds. The molecule has 0 aliphatic heterocycles. The summed E-state index contributed by atoms with van der Waals surface area (Å²) in [4.78, 5) is 12.4. The molecule has 3 rings (SSSR count). The minimum atomic E-state index is -0.0710. The average molecular weight is 435 g/mol. The Labute approximate surface area is 189 Å². The Hall–Kier alpha value is -2.86. The van der Waals surface area contributed by atoms with E-state index in [1.54, 1.807) is 0 Å². The van der Waals surface area contributed by atoms with Gasteiger partial charge in [-0.3, -0.25) is 9.36 Å². The van der Waals surface area contributed by atoms with Crippen LogP contribution in [0.4, 0.5) is 5.69 Å². The van der Waals surface area contributed by atoms with Crippen LogP contribution in [0, 0.1) is 0 Å². The average Bonchev–Trinajstić information content (AvgIpc) is 3.15. The minimum absolute atomic E-state index is 0.0710. The molecular formula is C25H30N4OS. The maximum absolute atomic E-state index is 12.4. The predicted octanol–water partition coefficient (Wildman–Crippen LogP) is 6.11. The summed E-state index contributed by atoms with van der Waals surface area (Å²) >= 11 is 1.38. The zero-order valence-electron chi connectivity index (χ0n) is 18.6. The number of nitrogens with one attached hydrogen (secondary N) is 1. The Kier molecular flexibility index (Phi) is 7.69. The van der Waals surface area contributed by atoms with E-state index in [0.29, 0.717) is 23.5 Å². The highest BCUT2D eigenvalue weighted by Crippen LogP contribution is 2.26. The van der Waals surface area contributed by atoms with Gasteiger partial charge < -0.3 is 5.32 Å². The molecule has 0 saturated carbocycles. The van der Waals surface area contributed by atoms with Crippen molar-refractivity contribution in [1.82, 2.24) is 14.8 Å². The zero-order valence-corrected chi connectivity index (χ0v) is 19.4. The SMILES string of the molecule is C=CCn1c(SCC(=O)Nc2ccc(C(C)C)cc2)nnc1-c1ccc(C(C)C)cc1. The second kappa shape index (κ2) is 10.4. The van der Waals surface area contributed by atoms with Crippen molar-refractivity contribution in [2.24, 2.45) is 0 Å². The number of anilines is 1. The molecule has 3 aromatic rings. The van der Waals surface area contributed by atoms with E-state index in [2.05, 4.69) is 74.1 Å². The summed E-state index contributed by atoms with van der Waals surface area (Å²) in [6.45, 7) is 13.1. The smallest absolute Gasteiger partial charge is 0.234 e. The summed E-state index contributed by atoms with van der Waals surface area (Å²) in [5.74, 6) is 1.91. The summed E-state index contributed by atoms with van der Waals surface area (Å²) in [6, 6.07) is 16.4. The first-order valence-electron chi connectivity index (χ1n) is 10.6. The van der Waals surface area contributed by atoms with Crippen LogP contribution in [0.15, 0.2) is 66.3 Å². The van der Waals surface area contributed by atoms with Crippen LogP contribution in [0.2, 0.25) is 0 Å². The number of aromatic nitrogens is 3. The van der Waals surface area contributed by atoms with Crippen LogP contribution in [0.25, 0.3) is 11.4 Å². The number of benzene rings is 2. The van der Waals surface area contributed by atoms with Gasteiger partial charge in [-0.15, -0.1) is 16.8 Å². The van der Waals surface area contributed by atoms with Crippen molar-refractivity contribution in [3.05, 3.63) is 72.3 Å². The van der Waals surface area contributed by atoms with E-state index in [4.69, 9.17) is 0 Å². The summed E-state index contributed by atoms with van der Waals surface area (Å²) in [7, 11) is 0. The summed E-state index contributed by atoms with van der Waals surface area (Å²) in [5.41, 5.74) is 4.33. The van der Waals surface area contributed by atoms with E-state index in [-0.39, 0.29) is 11.7 Å². The van der Waals surface area contributed by atoms with Gasteiger partial charge in [0, 0.05) is 17.8 Å². The van der Waals surface area contributed by atoms with E-state index in [1.807, 2.05) is 34.9 Å². The van der Waals surface area contributed by atoms with Crippen molar-refractivity contribution in [3.63, 3.8) is 0 Å². The highest BCUT2D eigenvalue weighted by molar-refractivity contribution is 7.99. The van der Waals surface area contributed by atoms with Gasteiger partial charge in [0.25, 0.3) is 0 Å². The van der Waals surface area contributed by atoms with Gasteiger partial charge in [0.1, 0.15) is 0 Å². The molecule has 1 heterocycles. The van der Waals surface area contributed by atoms with Crippen molar-refractivity contribution in [3.8, 4) is 11.4 Å². The van der Waals surface area contributed by atoms with E-state index < -0.39 is 0 Å². The van der Waals surface area contributed by atoms with E-state index in [9.17, 15) is 4.79 Å². The number of hydrogen-bond acceptors (Lipinski definition) is 4. The molecule has 0 atom stereocenters. The first kappa shape index (κ1) is 22.8. The molecule has 31 heavy (non-hydrogen) atoms. The number of rotatable bonds is 9. The monoisotopic (exact) mass is 434 g/mol. The molecule has 5 nitrogen and oxygen atoms in total. The van der Waals surface area contributed by atoms with Gasteiger partial charge in [0.05, 0.1) is 5.75 Å². The van der Waals surface area contributed by atoms with Crippen LogP contribution in [0.5, 0.6) is 0 Å². The number of thioether (sulfide) groups is 1. The molecule has 0 fully saturated rings. The van der Waals surface area contributed by atoms with Crippen LogP contribution in [0.3, 0.4) is 0 Å². The topological polar surface area (TPSA) is 59.8 Å². The van der Waals surface area contributed by atoms with Crippen LogP contribution in [-0.4, -0.2) is 26.4 Å². The van der Waals surface area contributed by atoms with Gasteiger partial charge in [0.15, 0.2) is 11.0 Å². The summed E-state index contributed by atoms with van der Waals surface area (Å²) < 4.78 is 1.99. The molecule has 1 aromatic heterocycles. The van der Waals surface area contributed by atoms with E-state index >= 15 is 0 Å². The van der Waals surface area contributed by atoms with Gasteiger partial charge >= 0.3 is 0 Å². The summed E-state index contributed by atoms with van der Waals surface area (Å²) in [6.07, 6.45) is 1.82. The normalized spacial score (nSPS) is 11.2. The molecular weight excluding hydrogens is 404 g/mol. The fraction of sp³-hybridized carbons (Fsp3) is 0.320. The van der Waals surface area contributed by atoms with Crippen molar-refractivity contribution in [2.75, 3.05) is 11.1 Å². The molecule has 0 bridgehead atoms. The third-order valence-corrected chi connectivity index (χ3v) is 6.02. The molecule has 0 saturated heterocycles. The number of allylic oxidation sites excluding steroid dienone is 1. The molecule has 2 aromatic carbocycles. The second-order valence-corrected chi connectivity index (χ2v) is 9.04. The van der Waals surface area contributed by atoms with Crippen LogP contribution in [-0.2, 0) is 11.3 Å². The molecule has 162 valence electrons. The fourth-order valence-electron chi connectivity index (χ4n) is 3.20. The molecule has 0 aliphatic rings. The van der Waals surface area contributed by atoms with Gasteiger partial charge in [-0.25, -0.2) is 0 Å². The first-order chi connectivity index (χ1) is 14.9. The van der Waals surface area contributed by atoms with Crippen molar-refractivity contribution in [2.45, 2.75) is 51.2 Å². The fourth-order valence-corrected chi connectivity index (χ4v) is 3.95. The highest BCUT2D eigenvalue weighted by atomic mass is 32.2. The Balaban J connectivity index is 1.68. The summed E-state index contributed by atoms with van der Waals surface area (Å²) in [5, 5.41) is 12.4. The predicted molar refractivity (Wildman–Crippen MR) is 130 cm³/mol. The molecule has 0 radical (unpaired) electrons. The van der Waals surface area contributed by atoms with Crippen molar-refractivity contribution in [1.29, 1.82) is 0 Å². The van der Waals surface area contributed by atoms with Crippen molar-refractivity contribution >= 4 is 23.4 Å². The van der Waals surface area contributed by atoms with Crippen LogP contribution in [0.1, 0.15) is 50.7 Å². The number of hydrogen-bond donors (Lipinski definition) is 1. The lowest BCUT2D eigenvalue weighted by atomic mass is 10.0. The maximum atomic E-state index is 12.4. The van der Waals surface area contributed by atoms with Gasteiger partial charge in [-0.2, -0.15) is 0 Å². The third-order valence-electron chi connectivity index (χ3n) is 5.06. The quantitative estimate of drug-likeness (QED) is 0.326. The zero-order chi connectivity index (χ0) is 22.4. The Morgan fingerprint density at radius 1 is 1.00 bits per heavy atom. The lowest BCUT2D eigenvalue weighted by Gasteiger charge is -2.10. The Bertz CT molecular complexity index is 1020. The number of carbonyl (C=O) groups excluding carboxylic acids is 1. The molecule has 1 N–H and O–H groups in total. The number of carbonyl (C=O) groups is 1. The van der Waals surface area contributed by atoms with Crippen LogP contribution < -0.4 is 5.32 Å². The number of amides is 1. The third kappa shape index (κ3) is 5.85.